The lowest BCUT2D eigenvalue weighted by Crippen LogP contribution is -2.11. The van der Waals surface area contributed by atoms with Crippen molar-refractivity contribution in [2.24, 2.45) is 0 Å². The summed E-state index contributed by atoms with van der Waals surface area (Å²) in [7, 11) is 0. The van der Waals surface area contributed by atoms with Crippen LogP contribution >= 0.6 is 11.6 Å². The Morgan fingerprint density at radius 2 is 1.52 bits per heavy atom. The Morgan fingerprint density at radius 3 is 2.00 bits per heavy atom. The van der Waals surface area contributed by atoms with Gasteiger partial charge in [-0.1, -0.05) is 68.8 Å². The molecule has 0 spiro atoms. The molecule has 0 heterocycles. The maximum atomic E-state index is 9.66. The van der Waals surface area contributed by atoms with Crippen LogP contribution in [0.5, 0.6) is 0 Å². The molecular formula is C19H23ClO. The first-order valence-electron chi connectivity index (χ1n) is 7.36. The Morgan fingerprint density at radius 1 is 0.952 bits per heavy atom. The number of rotatable bonds is 4. The van der Waals surface area contributed by atoms with Crippen molar-refractivity contribution in [1.29, 1.82) is 0 Å². The minimum Gasteiger partial charge on any atom is -0.396 e. The summed E-state index contributed by atoms with van der Waals surface area (Å²) in [6, 6.07) is 16.4. The maximum absolute atomic E-state index is 9.66. The van der Waals surface area contributed by atoms with Crippen molar-refractivity contribution >= 4 is 11.6 Å². The van der Waals surface area contributed by atoms with Crippen molar-refractivity contribution in [2.45, 2.75) is 38.5 Å². The molecule has 0 fully saturated rings. The van der Waals surface area contributed by atoms with E-state index in [9.17, 15) is 5.11 Å². The van der Waals surface area contributed by atoms with Crippen molar-refractivity contribution in [1.82, 2.24) is 0 Å². The number of halogens is 1. The summed E-state index contributed by atoms with van der Waals surface area (Å²) in [6.45, 7) is 6.79. The minimum absolute atomic E-state index is 0.114. The van der Waals surface area contributed by atoms with Crippen LogP contribution < -0.4 is 0 Å². The van der Waals surface area contributed by atoms with Crippen LogP contribution in [-0.2, 0) is 11.8 Å². The van der Waals surface area contributed by atoms with E-state index in [1.807, 2.05) is 24.3 Å². The maximum Gasteiger partial charge on any atom is 0.0502 e. The average Bonchev–Trinajstić information content (AvgIpc) is 2.45. The highest BCUT2D eigenvalue weighted by Crippen LogP contribution is 2.25. The Balaban J connectivity index is 2.13. The molecule has 0 bridgehead atoms. The molecule has 0 radical (unpaired) electrons. The lowest BCUT2D eigenvalue weighted by atomic mass is 9.85. The SMILES string of the molecule is CC(C)(C)c1ccc(CC(CO)c2ccc(Cl)cc2)cc1. The summed E-state index contributed by atoms with van der Waals surface area (Å²) in [6.07, 6.45) is 0.836. The average molecular weight is 303 g/mol. The lowest BCUT2D eigenvalue weighted by Gasteiger charge is -2.20. The first-order chi connectivity index (χ1) is 9.90. The van der Waals surface area contributed by atoms with E-state index in [0.717, 1.165) is 17.0 Å². The molecule has 0 saturated heterocycles. The van der Waals surface area contributed by atoms with Gasteiger partial charge < -0.3 is 5.11 Å². The predicted molar refractivity (Wildman–Crippen MR) is 90.1 cm³/mol. The van der Waals surface area contributed by atoms with Crippen molar-refractivity contribution in [3.8, 4) is 0 Å². The number of benzene rings is 2. The Labute approximate surface area is 132 Å². The summed E-state index contributed by atoms with van der Waals surface area (Å²) in [4.78, 5) is 0. The highest BCUT2D eigenvalue weighted by molar-refractivity contribution is 6.30. The zero-order valence-electron chi connectivity index (χ0n) is 12.9. The van der Waals surface area contributed by atoms with E-state index in [2.05, 4.69) is 45.0 Å². The van der Waals surface area contributed by atoms with E-state index in [1.54, 1.807) is 0 Å². The van der Waals surface area contributed by atoms with Crippen LogP contribution in [0.2, 0.25) is 5.02 Å². The minimum atomic E-state index is 0.114. The van der Waals surface area contributed by atoms with E-state index in [4.69, 9.17) is 11.6 Å². The summed E-state index contributed by atoms with van der Waals surface area (Å²) in [5.74, 6) is 0.114. The van der Waals surface area contributed by atoms with Gasteiger partial charge in [0.15, 0.2) is 0 Å². The zero-order chi connectivity index (χ0) is 15.5. The molecule has 2 aromatic carbocycles. The Bertz CT molecular complexity index is 564. The molecule has 2 aromatic rings. The van der Waals surface area contributed by atoms with Gasteiger partial charge in [-0.3, -0.25) is 0 Å². The highest BCUT2D eigenvalue weighted by Gasteiger charge is 2.15. The van der Waals surface area contributed by atoms with Crippen LogP contribution in [-0.4, -0.2) is 11.7 Å². The van der Waals surface area contributed by atoms with Crippen LogP contribution in [0.3, 0.4) is 0 Å². The first-order valence-corrected chi connectivity index (χ1v) is 7.73. The summed E-state index contributed by atoms with van der Waals surface area (Å²) >= 11 is 5.92. The normalized spacial score (nSPS) is 13.2. The van der Waals surface area contributed by atoms with Gasteiger partial charge in [-0.2, -0.15) is 0 Å². The van der Waals surface area contributed by atoms with E-state index < -0.39 is 0 Å². The molecule has 1 N–H and O–H groups in total. The molecule has 0 aliphatic carbocycles. The number of aliphatic hydroxyl groups excluding tert-OH is 1. The third-order valence-corrected chi connectivity index (χ3v) is 4.12. The van der Waals surface area contributed by atoms with Crippen molar-refractivity contribution in [2.75, 3.05) is 6.61 Å². The molecule has 0 aliphatic heterocycles. The Hall–Kier alpha value is -1.31. The molecule has 21 heavy (non-hydrogen) atoms. The van der Waals surface area contributed by atoms with Crippen LogP contribution in [0.15, 0.2) is 48.5 Å². The van der Waals surface area contributed by atoms with Gasteiger partial charge in [0.1, 0.15) is 0 Å². The summed E-state index contributed by atoms with van der Waals surface area (Å²) < 4.78 is 0. The van der Waals surface area contributed by atoms with Crippen molar-refractivity contribution < 1.29 is 5.11 Å². The van der Waals surface area contributed by atoms with Gasteiger partial charge >= 0.3 is 0 Å². The van der Waals surface area contributed by atoms with E-state index in [1.165, 1.54) is 11.1 Å². The van der Waals surface area contributed by atoms with Crippen LogP contribution in [0.4, 0.5) is 0 Å². The molecule has 0 saturated carbocycles. The van der Waals surface area contributed by atoms with Crippen LogP contribution in [0.1, 0.15) is 43.4 Å². The largest absolute Gasteiger partial charge is 0.396 e. The molecule has 1 nitrogen and oxygen atoms in total. The monoisotopic (exact) mass is 302 g/mol. The van der Waals surface area contributed by atoms with E-state index in [0.29, 0.717) is 0 Å². The number of hydrogen-bond donors (Lipinski definition) is 1. The van der Waals surface area contributed by atoms with Gasteiger partial charge in [0.05, 0.1) is 6.61 Å². The fraction of sp³-hybridized carbons (Fsp3) is 0.368. The Kier molecular flexibility index (Phi) is 5.08. The topological polar surface area (TPSA) is 20.2 Å². The fourth-order valence-electron chi connectivity index (χ4n) is 2.45. The standard InChI is InChI=1S/C19H23ClO/c1-19(2,3)17-8-4-14(5-9-17)12-16(13-21)15-6-10-18(20)11-7-15/h4-11,16,21H,12-13H2,1-3H3. The van der Waals surface area contributed by atoms with E-state index in [-0.39, 0.29) is 17.9 Å². The second kappa shape index (κ2) is 6.64. The van der Waals surface area contributed by atoms with Gasteiger partial charge in [0, 0.05) is 10.9 Å². The second-order valence-electron chi connectivity index (χ2n) is 6.58. The molecule has 2 heteroatoms. The van der Waals surface area contributed by atoms with Crippen LogP contribution in [0, 0.1) is 0 Å². The molecule has 1 unspecified atom stereocenters. The molecule has 2 rings (SSSR count). The molecule has 1 atom stereocenters. The molecule has 0 aliphatic rings. The quantitative estimate of drug-likeness (QED) is 0.846. The predicted octanol–water partition coefficient (Wildman–Crippen LogP) is 4.96. The van der Waals surface area contributed by atoms with Gasteiger partial charge in [0.2, 0.25) is 0 Å². The van der Waals surface area contributed by atoms with E-state index >= 15 is 0 Å². The van der Waals surface area contributed by atoms with Gasteiger partial charge in [-0.05, 0) is 40.7 Å². The molecular weight excluding hydrogens is 280 g/mol. The lowest BCUT2D eigenvalue weighted by molar-refractivity contribution is 0.264. The van der Waals surface area contributed by atoms with Crippen LogP contribution in [0.25, 0.3) is 0 Å². The van der Waals surface area contributed by atoms with Gasteiger partial charge in [-0.25, -0.2) is 0 Å². The van der Waals surface area contributed by atoms with Gasteiger partial charge in [-0.15, -0.1) is 0 Å². The molecule has 0 aromatic heterocycles. The summed E-state index contributed by atoms with van der Waals surface area (Å²) in [5, 5.41) is 10.4. The van der Waals surface area contributed by atoms with Crippen molar-refractivity contribution in [3.05, 3.63) is 70.2 Å². The molecule has 0 amide bonds. The second-order valence-corrected chi connectivity index (χ2v) is 7.02. The van der Waals surface area contributed by atoms with Crippen molar-refractivity contribution in [3.63, 3.8) is 0 Å². The zero-order valence-corrected chi connectivity index (χ0v) is 13.7. The molecule has 112 valence electrons. The van der Waals surface area contributed by atoms with Gasteiger partial charge in [0.25, 0.3) is 0 Å². The third-order valence-electron chi connectivity index (χ3n) is 3.86. The number of aliphatic hydroxyl groups is 1. The highest BCUT2D eigenvalue weighted by atomic mass is 35.5. The summed E-state index contributed by atoms with van der Waals surface area (Å²) in [5.41, 5.74) is 3.88. The third kappa shape index (κ3) is 4.33. The fourth-order valence-corrected chi connectivity index (χ4v) is 2.57. The smallest absolute Gasteiger partial charge is 0.0502 e. The number of hydrogen-bond acceptors (Lipinski definition) is 1. The first kappa shape index (κ1) is 16.1.